The van der Waals surface area contributed by atoms with Crippen molar-refractivity contribution in [1.82, 2.24) is 15.0 Å². The number of benzene rings is 1. The van der Waals surface area contributed by atoms with Crippen LogP contribution in [-0.4, -0.2) is 15.0 Å². The summed E-state index contributed by atoms with van der Waals surface area (Å²) in [6.07, 6.45) is 3.49. The average molecular weight is 282 g/mol. The first-order valence-electron chi connectivity index (χ1n) is 6.24. The topological polar surface area (TPSA) is 38.7 Å². The van der Waals surface area contributed by atoms with Gasteiger partial charge in [0.25, 0.3) is 0 Å². The van der Waals surface area contributed by atoms with Crippen molar-refractivity contribution in [1.29, 1.82) is 0 Å². The minimum absolute atomic E-state index is 0.426. The van der Waals surface area contributed by atoms with Gasteiger partial charge in [0.2, 0.25) is 0 Å². The number of aryl methyl sites for hydroxylation is 1. The van der Waals surface area contributed by atoms with Crippen molar-refractivity contribution >= 4 is 11.6 Å². The monoisotopic (exact) mass is 281 g/mol. The highest BCUT2D eigenvalue weighted by molar-refractivity contribution is 6.29. The Morgan fingerprint density at radius 1 is 0.950 bits per heavy atom. The second-order valence-electron chi connectivity index (χ2n) is 4.51. The van der Waals surface area contributed by atoms with Crippen LogP contribution in [0.25, 0.3) is 22.6 Å². The molecule has 0 spiro atoms. The summed E-state index contributed by atoms with van der Waals surface area (Å²) in [4.78, 5) is 13.0. The fraction of sp³-hybridized carbons (Fsp3) is 0.0625. The number of aromatic nitrogens is 3. The minimum atomic E-state index is 0.426. The van der Waals surface area contributed by atoms with E-state index < -0.39 is 0 Å². The van der Waals surface area contributed by atoms with Gasteiger partial charge in [-0.15, -0.1) is 0 Å². The van der Waals surface area contributed by atoms with Gasteiger partial charge in [-0.05, 0) is 25.1 Å². The van der Waals surface area contributed by atoms with Crippen LogP contribution in [0.4, 0.5) is 0 Å². The van der Waals surface area contributed by atoms with Gasteiger partial charge in [0.15, 0.2) is 5.82 Å². The number of halogens is 1. The van der Waals surface area contributed by atoms with Crippen LogP contribution in [0.3, 0.4) is 0 Å². The number of pyridine rings is 1. The first-order chi connectivity index (χ1) is 9.72. The molecule has 0 radical (unpaired) electrons. The lowest BCUT2D eigenvalue weighted by molar-refractivity contribution is 1.17. The first-order valence-corrected chi connectivity index (χ1v) is 6.62. The number of nitrogens with zero attached hydrogens (tertiary/aromatic N) is 3. The van der Waals surface area contributed by atoms with E-state index in [4.69, 9.17) is 11.6 Å². The molecule has 3 rings (SSSR count). The normalized spacial score (nSPS) is 10.5. The summed E-state index contributed by atoms with van der Waals surface area (Å²) in [7, 11) is 0. The van der Waals surface area contributed by atoms with E-state index in [-0.39, 0.29) is 0 Å². The Balaban J connectivity index is 2.12. The smallest absolute Gasteiger partial charge is 0.161 e. The number of hydrogen-bond donors (Lipinski definition) is 0. The molecule has 0 unspecified atom stereocenters. The first kappa shape index (κ1) is 12.8. The highest BCUT2D eigenvalue weighted by Crippen LogP contribution is 2.24. The van der Waals surface area contributed by atoms with E-state index in [0.29, 0.717) is 11.0 Å². The maximum Gasteiger partial charge on any atom is 0.161 e. The molecule has 2 aromatic heterocycles. The van der Waals surface area contributed by atoms with Crippen LogP contribution in [0.1, 0.15) is 5.56 Å². The van der Waals surface area contributed by atoms with Crippen molar-refractivity contribution in [3.8, 4) is 22.6 Å². The van der Waals surface area contributed by atoms with Gasteiger partial charge in [-0.3, -0.25) is 4.98 Å². The van der Waals surface area contributed by atoms with E-state index in [1.165, 1.54) is 0 Å². The molecular formula is C16H12ClN3. The zero-order valence-corrected chi connectivity index (χ0v) is 11.7. The SMILES string of the molecule is Cc1cccc(-c2nc(Cl)cc(-c3cccnc3)n2)c1. The van der Waals surface area contributed by atoms with Crippen LogP contribution < -0.4 is 0 Å². The highest BCUT2D eigenvalue weighted by atomic mass is 35.5. The molecule has 0 aliphatic carbocycles. The Bertz CT molecular complexity index is 742. The fourth-order valence-corrected chi connectivity index (χ4v) is 2.18. The molecule has 0 saturated carbocycles. The highest BCUT2D eigenvalue weighted by Gasteiger charge is 2.07. The molecule has 0 atom stereocenters. The molecule has 98 valence electrons. The summed E-state index contributed by atoms with van der Waals surface area (Å²) in [5.74, 6) is 0.625. The fourth-order valence-electron chi connectivity index (χ4n) is 1.99. The van der Waals surface area contributed by atoms with Crippen LogP contribution in [0.5, 0.6) is 0 Å². The van der Waals surface area contributed by atoms with Gasteiger partial charge in [0.1, 0.15) is 5.15 Å². The Morgan fingerprint density at radius 3 is 2.55 bits per heavy atom. The summed E-state index contributed by atoms with van der Waals surface area (Å²) in [5.41, 5.74) is 3.81. The van der Waals surface area contributed by atoms with Gasteiger partial charge in [-0.2, -0.15) is 0 Å². The lowest BCUT2D eigenvalue weighted by Crippen LogP contribution is -1.93. The third kappa shape index (κ3) is 2.68. The van der Waals surface area contributed by atoms with E-state index >= 15 is 0 Å². The Labute approximate surface area is 122 Å². The average Bonchev–Trinajstić information content (AvgIpc) is 2.47. The molecule has 0 N–H and O–H groups in total. The predicted octanol–water partition coefficient (Wildman–Crippen LogP) is 4.17. The summed E-state index contributed by atoms with van der Waals surface area (Å²) < 4.78 is 0. The summed E-state index contributed by atoms with van der Waals surface area (Å²) in [5, 5.41) is 0.426. The van der Waals surface area contributed by atoms with Gasteiger partial charge < -0.3 is 0 Å². The Morgan fingerprint density at radius 2 is 1.80 bits per heavy atom. The second kappa shape index (κ2) is 5.39. The van der Waals surface area contributed by atoms with Gasteiger partial charge in [0.05, 0.1) is 5.69 Å². The standard InChI is InChI=1S/C16H12ClN3/c1-11-4-2-5-12(8-11)16-19-14(9-15(17)20-16)13-6-3-7-18-10-13/h2-10H,1H3. The molecule has 0 fully saturated rings. The van der Waals surface area contributed by atoms with Gasteiger partial charge >= 0.3 is 0 Å². The van der Waals surface area contributed by atoms with Crippen LogP contribution in [0, 0.1) is 6.92 Å². The molecule has 20 heavy (non-hydrogen) atoms. The summed E-state index contributed by atoms with van der Waals surface area (Å²) >= 11 is 6.12. The van der Waals surface area contributed by atoms with Crippen molar-refractivity contribution in [3.63, 3.8) is 0 Å². The molecule has 3 nitrogen and oxygen atoms in total. The Kier molecular flexibility index (Phi) is 3.44. The maximum atomic E-state index is 6.12. The van der Waals surface area contributed by atoms with E-state index in [9.17, 15) is 0 Å². The molecule has 0 bridgehead atoms. The van der Waals surface area contributed by atoms with Crippen molar-refractivity contribution < 1.29 is 0 Å². The molecule has 4 heteroatoms. The molecular weight excluding hydrogens is 270 g/mol. The molecule has 0 aliphatic heterocycles. The quantitative estimate of drug-likeness (QED) is 0.662. The second-order valence-corrected chi connectivity index (χ2v) is 4.90. The van der Waals surface area contributed by atoms with E-state index in [1.807, 2.05) is 43.3 Å². The van der Waals surface area contributed by atoms with Crippen molar-refractivity contribution in [2.45, 2.75) is 6.92 Å². The van der Waals surface area contributed by atoms with Crippen LogP contribution in [0.15, 0.2) is 54.9 Å². The molecule has 1 aromatic carbocycles. The van der Waals surface area contributed by atoms with Crippen molar-refractivity contribution in [3.05, 3.63) is 65.6 Å². The lowest BCUT2D eigenvalue weighted by Gasteiger charge is -2.06. The van der Waals surface area contributed by atoms with E-state index in [2.05, 4.69) is 15.0 Å². The molecule has 0 amide bonds. The lowest BCUT2D eigenvalue weighted by atomic mass is 10.1. The molecule has 2 heterocycles. The molecule has 3 aromatic rings. The maximum absolute atomic E-state index is 6.12. The predicted molar refractivity (Wildman–Crippen MR) is 80.4 cm³/mol. The van der Waals surface area contributed by atoms with Gasteiger partial charge in [0, 0.05) is 29.6 Å². The van der Waals surface area contributed by atoms with Crippen LogP contribution in [-0.2, 0) is 0 Å². The summed E-state index contributed by atoms with van der Waals surface area (Å²) in [6, 6.07) is 13.6. The molecule has 0 aliphatic rings. The Hall–Kier alpha value is -2.26. The van der Waals surface area contributed by atoms with Crippen molar-refractivity contribution in [2.24, 2.45) is 0 Å². The van der Waals surface area contributed by atoms with Gasteiger partial charge in [-0.1, -0.05) is 35.4 Å². The third-order valence-electron chi connectivity index (χ3n) is 2.93. The summed E-state index contributed by atoms with van der Waals surface area (Å²) in [6.45, 7) is 2.04. The minimum Gasteiger partial charge on any atom is -0.264 e. The van der Waals surface area contributed by atoms with Crippen LogP contribution >= 0.6 is 11.6 Å². The van der Waals surface area contributed by atoms with Crippen LogP contribution in [0.2, 0.25) is 5.15 Å². The molecule has 0 saturated heterocycles. The van der Waals surface area contributed by atoms with Crippen molar-refractivity contribution in [2.75, 3.05) is 0 Å². The zero-order chi connectivity index (χ0) is 13.9. The third-order valence-corrected chi connectivity index (χ3v) is 3.12. The van der Waals surface area contributed by atoms with E-state index in [1.54, 1.807) is 18.5 Å². The largest absolute Gasteiger partial charge is 0.264 e. The number of rotatable bonds is 2. The van der Waals surface area contributed by atoms with Gasteiger partial charge in [-0.25, -0.2) is 9.97 Å². The zero-order valence-electron chi connectivity index (χ0n) is 10.9. The van der Waals surface area contributed by atoms with E-state index in [0.717, 1.165) is 22.4 Å². The number of hydrogen-bond acceptors (Lipinski definition) is 3.